The molecule has 1 aliphatic rings. The second kappa shape index (κ2) is 10.9. The summed E-state index contributed by atoms with van der Waals surface area (Å²) in [6.07, 6.45) is 3.00. The lowest BCUT2D eigenvalue weighted by Gasteiger charge is -2.33. The van der Waals surface area contributed by atoms with Crippen LogP contribution in [0.4, 0.5) is 0 Å². The van der Waals surface area contributed by atoms with E-state index in [0.29, 0.717) is 43.1 Å². The van der Waals surface area contributed by atoms with Crippen LogP contribution in [0.1, 0.15) is 62.5 Å². The molecule has 1 aromatic carbocycles. The normalized spacial score (nSPS) is 15.3. The first-order valence-corrected chi connectivity index (χ1v) is 12.4. The van der Waals surface area contributed by atoms with Crippen LogP contribution in [0, 0.1) is 11.3 Å². The molecule has 2 amide bonds. The summed E-state index contributed by atoms with van der Waals surface area (Å²) in [6.45, 7) is 11.1. The number of hydrogen-bond donors (Lipinski definition) is 1. The van der Waals surface area contributed by atoms with E-state index in [1.807, 2.05) is 43.3 Å². The van der Waals surface area contributed by atoms with Crippen molar-refractivity contribution in [1.29, 1.82) is 0 Å². The molecule has 1 aromatic heterocycles. The molecule has 34 heavy (non-hydrogen) atoms. The quantitative estimate of drug-likeness (QED) is 0.605. The molecule has 0 bridgehead atoms. The molecular formula is C26H38ClN5O2. The summed E-state index contributed by atoms with van der Waals surface area (Å²) in [5.41, 5.74) is 2.33. The van der Waals surface area contributed by atoms with Crippen LogP contribution in [0.15, 0.2) is 30.5 Å². The second-order valence-corrected chi connectivity index (χ2v) is 11.1. The molecule has 0 atom stereocenters. The van der Waals surface area contributed by atoms with Gasteiger partial charge < -0.3 is 15.1 Å². The maximum Gasteiger partial charge on any atom is 0.257 e. The molecule has 0 spiro atoms. The van der Waals surface area contributed by atoms with E-state index < -0.39 is 0 Å². The highest BCUT2D eigenvalue weighted by Gasteiger charge is 2.31. The summed E-state index contributed by atoms with van der Waals surface area (Å²) in [4.78, 5) is 30.2. The molecule has 8 heteroatoms. The van der Waals surface area contributed by atoms with Gasteiger partial charge in [0.2, 0.25) is 5.91 Å². The molecule has 0 saturated carbocycles. The van der Waals surface area contributed by atoms with Crippen LogP contribution in [-0.2, 0) is 4.79 Å². The van der Waals surface area contributed by atoms with Gasteiger partial charge in [-0.25, -0.2) is 4.68 Å². The average Bonchev–Trinajstić information content (AvgIpc) is 3.22. The number of piperidine rings is 1. The Bertz CT molecular complexity index is 1010. The van der Waals surface area contributed by atoms with Crippen LogP contribution in [0.2, 0.25) is 5.02 Å². The molecule has 2 aromatic rings. The number of rotatable bonds is 8. The average molecular weight is 488 g/mol. The monoisotopic (exact) mass is 487 g/mol. The smallest absolute Gasteiger partial charge is 0.257 e. The minimum Gasteiger partial charge on any atom is -0.355 e. The molecule has 3 rings (SSSR count). The zero-order valence-corrected chi connectivity index (χ0v) is 22.0. The third-order valence-electron chi connectivity index (χ3n) is 6.27. The fourth-order valence-electron chi connectivity index (χ4n) is 4.79. The van der Waals surface area contributed by atoms with Gasteiger partial charge in [0.15, 0.2) is 0 Å². The highest BCUT2D eigenvalue weighted by atomic mass is 35.5. The second-order valence-electron chi connectivity index (χ2n) is 10.7. The minimum atomic E-state index is -0.0574. The van der Waals surface area contributed by atoms with Crippen molar-refractivity contribution >= 4 is 23.4 Å². The SMILES string of the molecule is CC(C)c1c(C(=O)N2CCC(C(=O)NCC(C)(C)CN(C)C)CC2)cnn1-c1cccc(Cl)c1. The fraction of sp³-hybridized carbons (Fsp3) is 0.577. The van der Waals surface area contributed by atoms with Crippen molar-refractivity contribution in [3.63, 3.8) is 0 Å². The molecule has 186 valence electrons. The maximum absolute atomic E-state index is 13.4. The van der Waals surface area contributed by atoms with Gasteiger partial charge in [0, 0.05) is 37.1 Å². The van der Waals surface area contributed by atoms with E-state index in [9.17, 15) is 9.59 Å². The Morgan fingerprint density at radius 3 is 2.50 bits per heavy atom. The number of aromatic nitrogens is 2. The summed E-state index contributed by atoms with van der Waals surface area (Å²) in [6, 6.07) is 7.48. The molecule has 2 heterocycles. The van der Waals surface area contributed by atoms with Crippen LogP contribution in [-0.4, -0.2) is 71.7 Å². The lowest BCUT2D eigenvalue weighted by atomic mass is 9.91. The van der Waals surface area contributed by atoms with E-state index in [0.717, 1.165) is 17.9 Å². The van der Waals surface area contributed by atoms with Gasteiger partial charge in [0.25, 0.3) is 5.91 Å². The van der Waals surface area contributed by atoms with Crippen molar-refractivity contribution in [2.45, 2.75) is 46.5 Å². The standard InChI is InChI=1S/C26H38ClN5O2/c1-18(2)23-22(15-29-32(23)21-9-7-8-20(27)14-21)25(34)31-12-10-19(11-13-31)24(33)28-16-26(3,4)17-30(5)6/h7-9,14-15,18-19H,10-13,16-17H2,1-6H3,(H,28,33). The number of likely N-dealkylation sites (tertiary alicyclic amines) is 1. The van der Waals surface area contributed by atoms with Gasteiger partial charge in [-0.3, -0.25) is 9.59 Å². The van der Waals surface area contributed by atoms with Gasteiger partial charge in [-0.1, -0.05) is 45.4 Å². The number of carbonyl (C=O) groups excluding carboxylic acids is 2. The lowest BCUT2D eigenvalue weighted by molar-refractivity contribution is -0.126. The molecule has 1 fully saturated rings. The van der Waals surface area contributed by atoms with E-state index in [4.69, 9.17) is 11.6 Å². The summed E-state index contributed by atoms with van der Waals surface area (Å²) in [5.74, 6) is 0.116. The van der Waals surface area contributed by atoms with Gasteiger partial charge in [0.05, 0.1) is 23.1 Å². The first-order valence-electron chi connectivity index (χ1n) is 12.0. The first-order chi connectivity index (χ1) is 16.0. The highest BCUT2D eigenvalue weighted by Crippen LogP contribution is 2.27. The van der Waals surface area contributed by atoms with Crippen molar-refractivity contribution in [3.05, 3.63) is 46.7 Å². The predicted octanol–water partition coefficient (Wildman–Crippen LogP) is 4.21. The molecule has 1 aliphatic heterocycles. The molecular weight excluding hydrogens is 450 g/mol. The molecule has 0 radical (unpaired) electrons. The van der Waals surface area contributed by atoms with E-state index in [1.165, 1.54) is 0 Å². The van der Waals surface area contributed by atoms with Crippen LogP contribution >= 0.6 is 11.6 Å². The van der Waals surface area contributed by atoms with Crippen molar-refractivity contribution in [3.8, 4) is 5.69 Å². The van der Waals surface area contributed by atoms with Gasteiger partial charge in [-0.2, -0.15) is 5.10 Å². The van der Waals surface area contributed by atoms with Crippen molar-refractivity contribution in [1.82, 2.24) is 24.9 Å². The fourth-order valence-corrected chi connectivity index (χ4v) is 4.97. The Labute approximate surface area is 208 Å². The largest absolute Gasteiger partial charge is 0.355 e. The van der Waals surface area contributed by atoms with Crippen LogP contribution in [0.3, 0.4) is 0 Å². The Hall–Kier alpha value is -2.38. The summed E-state index contributed by atoms with van der Waals surface area (Å²) in [7, 11) is 4.08. The zero-order chi connectivity index (χ0) is 25.0. The molecule has 0 unspecified atom stereocenters. The van der Waals surface area contributed by atoms with Crippen LogP contribution in [0.5, 0.6) is 0 Å². The van der Waals surface area contributed by atoms with Crippen molar-refractivity contribution in [2.75, 3.05) is 40.3 Å². The number of carbonyl (C=O) groups is 2. The number of benzene rings is 1. The molecule has 1 N–H and O–H groups in total. The number of halogens is 1. The van der Waals surface area contributed by atoms with Crippen LogP contribution < -0.4 is 5.32 Å². The molecule has 7 nitrogen and oxygen atoms in total. The number of hydrogen-bond acceptors (Lipinski definition) is 4. The van der Waals surface area contributed by atoms with E-state index in [2.05, 4.69) is 43.0 Å². The third kappa shape index (κ3) is 6.39. The third-order valence-corrected chi connectivity index (χ3v) is 6.51. The first kappa shape index (κ1) is 26.2. The van der Waals surface area contributed by atoms with Crippen LogP contribution in [0.25, 0.3) is 5.69 Å². The topological polar surface area (TPSA) is 70.5 Å². The van der Waals surface area contributed by atoms with E-state index in [-0.39, 0.29) is 29.1 Å². The Kier molecular flexibility index (Phi) is 8.42. The zero-order valence-electron chi connectivity index (χ0n) is 21.3. The molecule has 1 saturated heterocycles. The number of nitrogens with one attached hydrogen (secondary N) is 1. The Morgan fingerprint density at radius 2 is 1.91 bits per heavy atom. The summed E-state index contributed by atoms with van der Waals surface area (Å²) >= 11 is 6.18. The molecule has 0 aliphatic carbocycles. The van der Waals surface area contributed by atoms with E-state index in [1.54, 1.807) is 10.9 Å². The van der Waals surface area contributed by atoms with Gasteiger partial charge in [-0.15, -0.1) is 0 Å². The van der Waals surface area contributed by atoms with Crippen molar-refractivity contribution < 1.29 is 9.59 Å². The minimum absolute atomic E-state index is 0.00616. The van der Waals surface area contributed by atoms with E-state index >= 15 is 0 Å². The predicted molar refractivity (Wildman–Crippen MR) is 137 cm³/mol. The Morgan fingerprint density at radius 1 is 1.24 bits per heavy atom. The van der Waals surface area contributed by atoms with Crippen molar-refractivity contribution in [2.24, 2.45) is 11.3 Å². The highest BCUT2D eigenvalue weighted by molar-refractivity contribution is 6.30. The Balaban J connectivity index is 1.64. The number of amides is 2. The summed E-state index contributed by atoms with van der Waals surface area (Å²) < 4.78 is 1.81. The van der Waals surface area contributed by atoms with Gasteiger partial charge in [-0.05, 0) is 56.5 Å². The van der Waals surface area contributed by atoms with Gasteiger partial charge >= 0.3 is 0 Å². The van der Waals surface area contributed by atoms with Gasteiger partial charge in [0.1, 0.15) is 0 Å². The lowest BCUT2D eigenvalue weighted by Crippen LogP contribution is -2.46. The number of nitrogens with zero attached hydrogens (tertiary/aromatic N) is 4. The summed E-state index contributed by atoms with van der Waals surface area (Å²) in [5, 5.41) is 8.28. The maximum atomic E-state index is 13.4.